The van der Waals surface area contributed by atoms with Crippen LogP contribution in [0.25, 0.3) is 0 Å². The zero-order valence-corrected chi connectivity index (χ0v) is 12.5. The molecule has 1 amide bonds. The fraction of sp³-hybridized carbons (Fsp3) is 0.462. The van der Waals surface area contributed by atoms with Crippen molar-refractivity contribution in [2.75, 3.05) is 7.05 Å². The molecule has 0 saturated carbocycles. The summed E-state index contributed by atoms with van der Waals surface area (Å²) >= 11 is 5.80. The van der Waals surface area contributed by atoms with Crippen LogP contribution in [-0.4, -0.2) is 23.9 Å². The second kappa shape index (κ2) is 7.62. The van der Waals surface area contributed by atoms with Gasteiger partial charge in [-0.1, -0.05) is 37.6 Å². The number of amides is 1. The molecule has 0 unspecified atom stereocenters. The summed E-state index contributed by atoms with van der Waals surface area (Å²) in [4.78, 5) is 13.6. The van der Waals surface area contributed by atoms with E-state index in [1.54, 1.807) is 11.9 Å². The van der Waals surface area contributed by atoms with Crippen molar-refractivity contribution in [3.63, 3.8) is 0 Å². The van der Waals surface area contributed by atoms with Crippen LogP contribution in [0.1, 0.15) is 19.4 Å². The lowest BCUT2D eigenvalue weighted by Gasteiger charge is -2.23. The molecule has 0 fully saturated rings. The Kier molecular flexibility index (Phi) is 7.29. The average Bonchev–Trinajstić information content (AvgIpc) is 2.30. The van der Waals surface area contributed by atoms with E-state index in [0.717, 1.165) is 5.56 Å². The van der Waals surface area contributed by atoms with Gasteiger partial charge in [0.1, 0.15) is 0 Å². The Morgan fingerprint density at radius 3 is 2.28 bits per heavy atom. The van der Waals surface area contributed by atoms with Crippen molar-refractivity contribution in [3.05, 3.63) is 34.9 Å². The SMILES string of the molecule is CC(C)[C@@H](N)C(=O)N(C)Cc1ccc(Cl)cc1.Cl. The first-order valence-corrected chi connectivity index (χ1v) is 6.04. The lowest BCUT2D eigenvalue weighted by molar-refractivity contribution is -0.132. The molecule has 5 heteroatoms. The highest BCUT2D eigenvalue weighted by Gasteiger charge is 2.20. The van der Waals surface area contributed by atoms with Gasteiger partial charge in [-0.2, -0.15) is 0 Å². The number of hydrogen-bond donors (Lipinski definition) is 1. The zero-order chi connectivity index (χ0) is 13.0. The summed E-state index contributed by atoms with van der Waals surface area (Å²) in [6.07, 6.45) is 0. The maximum absolute atomic E-state index is 11.9. The molecule has 0 aromatic heterocycles. The van der Waals surface area contributed by atoms with E-state index in [1.165, 1.54) is 0 Å². The minimum absolute atomic E-state index is 0. The monoisotopic (exact) mass is 290 g/mol. The first-order chi connectivity index (χ1) is 7.91. The van der Waals surface area contributed by atoms with Crippen molar-refractivity contribution >= 4 is 29.9 Å². The highest BCUT2D eigenvalue weighted by Crippen LogP contribution is 2.12. The molecule has 102 valence electrons. The van der Waals surface area contributed by atoms with Crippen LogP contribution >= 0.6 is 24.0 Å². The normalized spacial score (nSPS) is 11.9. The molecule has 1 aromatic rings. The lowest BCUT2D eigenvalue weighted by Crippen LogP contribution is -2.44. The Balaban J connectivity index is 0.00000289. The summed E-state index contributed by atoms with van der Waals surface area (Å²) in [5.74, 6) is 0.116. The van der Waals surface area contributed by atoms with Gasteiger partial charge in [-0.3, -0.25) is 4.79 Å². The van der Waals surface area contributed by atoms with Crippen LogP contribution in [-0.2, 0) is 11.3 Å². The molecule has 0 aliphatic rings. The van der Waals surface area contributed by atoms with E-state index in [-0.39, 0.29) is 24.2 Å². The summed E-state index contributed by atoms with van der Waals surface area (Å²) < 4.78 is 0. The quantitative estimate of drug-likeness (QED) is 0.927. The van der Waals surface area contributed by atoms with Crippen LogP contribution in [0.4, 0.5) is 0 Å². The molecule has 0 radical (unpaired) electrons. The van der Waals surface area contributed by atoms with Gasteiger partial charge in [0, 0.05) is 18.6 Å². The van der Waals surface area contributed by atoms with E-state index < -0.39 is 6.04 Å². The Hall–Kier alpha value is -0.770. The Bertz CT molecular complexity index is 379. The Morgan fingerprint density at radius 1 is 1.33 bits per heavy atom. The van der Waals surface area contributed by atoms with Crippen molar-refractivity contribution in [1.29, 1.82) is 0 Å². The number of benzene rings is 1. The second-order valence-electron chi connectivity index (χ2n) is 4.59. The van der Waals surface area contributed by atoms with Gasteiger partial charge in [0.15, 0.2) is 0 Å². The molecule has 2 N–H and O–H groups in total. The van der Waals surface area contributed by atoms with Gasteiger partial charge in [-0.15, -0.1) is 12.4 Å². The number of carbonyl (C=O) groups excluding carboxylic acids is 1. The average molecular weight is 291 g/mol. The number of halogens is 2. The van der Waals surface area contributed by atoms with Crippen molar-refractivity contribution in [2.45, 2.75) is 26.4 Å². The van der Waals surface area contributed by atoms with Crippen LogP contribution in [0.2, 0.25) is 5.02 Å². The molecule has 0 saturated heterocycles. The largest absolute Gasteiger partial charge is 0.340 e. The highest BCUT2D eigenvalue weighted by molar-refractivity contribution is 6.30. The summed E-state index contributed by atoms with van der Waals surface area (Å²) in [7, 11) is 1.76. The van der Waals surface area contributed by atoms with E-state index >= 15 is 0 Å². The van der Waals surface area contributed by atoms with Gasteiger partial charge in [0.2, 0.25) is 5.91 Å². The lowest BCUT2D eigenvalue weighted by atomic mass is 10.0. The maximum Gasteiger partial charge on any atom is 0.239 e. The highest BCUT2D eigenvalue weighted by atomic mass is 35.5. The molecule has 18 heavy (non-hydrogen) atoms. The van der Waals surface area contributed by atoms with Crippen LogP contribution < -0.4 is 5.73 Å². The standard InChI is InChI=1S/C13H19ClN2O.ClH/c1-9(2)12(15)13(17)16(3)8-10-4-6-11(14)7-5-10;/h4-7,9,12H,8,15H2,1-3H3;1H/t12-;/m1./s1. The van der Waals surface area contributed by atoms with Crippen LogP contribution in [0.15, 0.2) is 24.3 Å². The van der Waals surface area contributed by atoms with Gasteiger partial charge < -0.3 is 10.6 Å². The smallest absolute Gasteiger partial charge is 0.239 e. The number of hydrogen-bond acceptors (Lipinski definition) is 2. The second-order valence-corrected chi connectivity index (χ2v) is 5.03. The topological polar surface area (TPSA) is 46.3 Å². The molecule has 0 heterocycles. The Morgan fingerprint density at radius 2 is 1.83 bits per heavy atom. The molecule has 1 atom stereocenters. The molecule has 0 aliphatic heterocycles. The van der Waals surface area contributed by atoms with Crippen molar-refractivity contribution in [2.24, 2.45) is 11.7 Å². The fourth-order valence-corrected chi connectivity index (χ4v) is 1.61. The molecular weight excluding hydrogens is 271 g/mol. The first-order valence-electron chi connectivity index (χ1n) is 5.67. The Labute approximate surface area is 120 Å². The number of rotatable bonds is 4. The molecule has 0 bridgehead atoms. The van der Waals surface area contributed by atoms with Gasteiger partial charge in [0.05, 0.1) is 6.04 Å². The van der Waals surface area contributed by atoms with Gasteiger partial charge in [-0.25, -0.2) is 0 Å². The maximum atomic E-state index is 11.9. The molecule has 1 rings (SSSR count). The van der Waals surface area contributed by atoms with Crippen LogP contribution in [0, 0.1) is 5.92 Å². The van der Waals surface area contributed by atoms with E-state index in [2.05, 4.69) is 0 Å². The van der Waals surface area contributed by atoms with Gasteiger partial charge in [-0.05, 0) is 23.6 Å². The third kappa shape index (κ3) is 4.84. The van der Waals surface area contributed by atoms with Crippen molar-refractivity contribution in [3.8, 4) is 0 Å². The zero-order valence-electron chi connectivity index (χ0n) is 10.9. The number of nitrogens with two attached hydrogens (primary N) is 1. The minimum atomic E-state index is -0.438. The van der Waals surface area contributed by atoms with E-state index in [4.69, 9.17) is 17.3 Å². The van der Waals surface area contributed by atoms with Crippen molar-refractivity contribution in [1.82, 2.24) is 4.90 Å². The number of nitrogens with zero attached hydrogens (tertiary/aromatic N) is 1. The summed E-state index contributed by atoms with van der Waals surface area (Å²) in [5.41, 5.74) is 6.87. The van der Waals surface area contributed by atoms with Crippen molar-refractivity contribution < 1.29 is 4.79 Å². The van der Waals surface area contributed by atoms with Crippen LogP contribution in [0.3, 0.4) is 0 Å². The van der Waals surface area contributed by atoms with E-state index in [1.807, 2.05) is 38.1 Å². The number of carbonyl (C=O) groups is 1. The molecule has 3 nitrogen and oxygen atoms in total. The molecule has 0 aliphatic carbocycles. The van der Waals surface area contributed by atoms with E-state index in [0.29, 0.717) is 11.6 Å². The first kappa shape index (κ1) is 17.2. The third-order valence-corrected chi connectivity index (χ3v) is 2.96. The minimum Gasteiger partial charge on any atom is -0.340 e. The third-order valence-electron chi connectivity index (χ3n) is 2.71. The van der Waals surface area contributed by atoms with E-state index in [9.17, 15) is 4.79 Å². The fourth-order valence-electron chi connectivity index (χ4n) is 1.48. The predicted molar refractivity (Wildman–Crippen MR) is 78.0 cm³/mol. The predicted octanol–water partition coefficient (Wildman–Crippen LogP) is 2.70. The van der Waals surface area contributed by atoms with Gasteiger partial charge >= 0.3 is 0 Å². The molecule has 0 spiro atoms. The number of likely N-dealkylation sites (N-methyl/N-ethyl adjacent to an activating group) is 1. The summed E-state index contributed by atoms with van der Waals surface area (Å²) in [6, 6.07) is 7.02. The molecular formula is C13H20Cl2N2O. The summed E-state index contributed by atoms with van der Waals surface area (Å²) in [6.45, 7) is 4.44. The van der Waals surface area contributed by atoms with Crippen LogP contribution in [0.5, 0.6) is 0 Å². The molecule has 1 aromatic carbocycles. The summed E-state index contributed by atoms with van der Waals surface area (Å²) in [5, 5.41) is 0.696. The van der Waals surface area contributed by atoms with Gasteiger partial charge in [0.25, 0.3) is 0 Å².